The lowest BCUT2D eigenvalue weighted by Crippen LogP contribution is -2.43. The summed E-state index contributed by atoms with van der Waals surface area (Å²) in [5.74, 6) is 1.18. The number of likely N-dealkylation sites (N-methyl/N-ethyl adjacent to an activating group) is 2. The van der Waals surface area contributed by atoms with Crippen LogP contribution in [0.25, 0.3) is 0 Å². The summed E-state index contributed by atoms with van der Waals surface area (Å²) in [6.45, 7) is 12.4. The van der Waals surface area contributed by atoms with Gasteiger partial charge in [-0.25, -0.2) is 0 Å². The Labute approximate surface area is 199 Å². The van der Waals surface area contributed by atoms with Crippen molar-refractivity contribution < 1.29 is 14.3 Å². The normalized spacial score (nSPS) is 12.9. The molecule has 2 atom stereocenters. The van der Waals surface area contributed by atoms with Gasteiger partial charge in [0.1, 0.15) is 0 Å². The zero-order valence-electron chi connectivity index (χ0n) is 21.1. The summed E-state index contributed by atoms with van der Waals surface area (Å²) in [6.07, 6.45) is 0.445. The number of hydrogen-bond donors (Lipinski definition) is 1. The maximum atomic E-state index is 12.2. The minimum absolute atomic E-state index is 0.0796. The molecule has 0 saturated heterocycles. The van der Waals surface area contributed by atoms with Crippen molar-refractivity contribution in [2.45, 2.75) is 52.8 Å². The molecule has 182 valence electrons. The Balaban J connectivity index is 2.04. The van der Waals surface area contributed by atoms with Crippen molar-refractivity contribution >= 4 is 5.91 Å². The molecule has 0 aromatic heterocycles. The molecule has 1 N–H and O–H groups in total. The first-order valence-electron chi connectivity index (χ1n) is 12.0. The van der Waals surface area contributed by atoms with Crippen LogP contribution in [0, 0.1) is 0 Å². The Bertz CT molecular complexity index is 838. The van der Waals surface area contributed by atoms with Crippen molar-refractivity contribution in [3.05, 3.63) is 59.7 Å². The zero-order valence-corrected chi connectivity index (χ0v) is 21.1. The van der Waals surface area contributed by atoms with Gasteiger partial charge in [0.05, 0.1) is 6.61 Å². The first-order chi connectivity index (χ1) is 15.9. The molecular weight excluding hydrogens is 414 g/mol. The third kappa shape index (κ3) is 8.37. The van der Waals surface area contributed by atoms with Crippen LogP contribution in [-0.4, -0.2) is 68.2 Å². The maximum Gasteiger partial charge on any atom is 0.262 e. The van der Waals surface area contributed by atoms with Crippen molar-refractivity contribution in [1.82, 2.24) is 15.1 Å². The lowest BCUT2D eigenvalue weighted by atomic mass is 10.0. The Kier molecular flexibility index (Phi) is 11.2. The highest BCUT2D eigenvalue weighted by Gasteiger charge is 2.19. The summed E-state index contributed by atoms with van der Waals surface area (Å²) in [5, 5.41) is 3.64. The van der Waals surface area contributed by atoms with E-state index in [4.69, 9.17) is 9.47 Å². The number of nitrogens with one attached hydrogen (secondary N) is 1. The second-order valence-corrected chi connectivity index (χ2v) is 8.40. The Hall–Kier alpha value is -2.57. The van der Waals surface area contributed by atoms with Gasteiger partial charge in [-0.3, -0.25) is 9.69 Å². The first-order valence-corrected chi connectivity index (χ1v) is 12.0. The summed E-state index contributed by atoms with van der Waals surface area (Å²) in [7, 11) is 3.45. The molecule has 0 aliphatic heterocycles. The Morgan fingerprint density at radius 3 is 2.27 bits per heavy atom. The first kappa shape index (κ1) is 26.7. The van der Waals surface area contributed by atoms with E-state index in [9.17, 15) is 4.79 Å². The van der Waals surface area contributed by atoms with Gasteiger partial charge in [-0.15, -0.1) is 0 Å². The fourth-order valence-corrected chi connectivity index (χ4v) is 3.97. The molecule has 0 spiro atoms. The molecule has 2 aromatic carbocycles. The molecule has 0 unspecified atom stereocenters. The van der Waals surface area contributed by atoms with E-state index >= 15 is 0 Å². The van der Waals surface area contributed by atoms with Crippen LogP contribution in [0.3, 0.4) is 0 Å². The van der Waals surface area contributed by atoms with E-state index in [0.717, 1.165) is 38.2 Å². The third-order valence-corrected chi connectivity index (χ3v) is 5.75. The molecule has 6 nitrogen and oxygen atoms in total. The summed E-state index contributed by atoms with van der Waals surface area (Å²) < 4.78 is 11.7. The van der Waals surface area contributed by atoms with Gasteiger partial charge in [-0.1, -0.05) is 50.2 Å². The smallest absolute Gasteiger partial charge is 0.262 e. The van der Waals surface area contributed by atoms with Gasteiger partial charge in [0.15, 0.2) is 17.6 Å². The van der Waals surface area contributed by atoms with Crippen molar-refractivity contribution in [3.63, 3.8) is 0 Å². The van der Waals surface area contributed by atoms with Crippen LogP contribution < -0.4 is 14.8 Å². The monoisotopic (exact) mass is 455 g/mol. The molecule has 0 fully saturated rings. The molecule has 0 bridgehead atoms. The van der Waals surface area contributed by atoms with E-state index in [1.54, 1.807) is 21.0 Å². The van der Waals surface area contributed by atoms with Gasteiger partial charge in [0, 0.05) is 33.2 Å². The van der Waals surface area contributed by atoms with Crippen molar-refractivity contribution in [2.24, 2.45) is 0 Å². The van der Waals surface area contributed by atoms with Gasteiger partial charge < -0.3 is 19.7 Å². The predicted octanol–water partition coefficient (Wildman–Crippen LogP) is 3.98. The molecule has 0 heterocycles. The van der Waals surface area contributed by atoms with E-state index in [2.05, 4.69) is 54.4 Å². The van der Waals surface area contributed by atoms with Crippen LogP contribution in [0.5, 0.6) is 11.5 Å². The van der Waals surface area contributed by atoms with Gasteiger partial charge in [-0.2, -0.15) is 0 Å². The Morgan fingerprint density at radius 1 is 0.970 bits per heavy atom. The highest BCUT2D eigenvalue weighted by Crippen LogP contribution is 2.29. The minimum atomic E-state index is -0.573. The fraction of sp³-hybridized carbons (Fsp3) is 0.519. The average Bonchev–Trinajstić information content (AvgIpc) is 2.81. The quantitative estimate of drug-likeness (QED) is 0.467. The summed E-state index contributed by atoms with van der Waals surface area (Å²) in [5.41, 5.74) is 2.48. The third-order valence-electron chi connectivity index (χ3n) is 5.75. The molecule has 0 aliphatic carbocycles. The maximum absolute atomic E-state index is 12.2. The highest BCUT2D eigenvalue weighted by molar-refractivity contribution is 5.80. The summed E-state index contributed by atoms with van der Waals surface area (Å²) >= 11 is 0. The van der Waals surface area contributed by atoms with E-state index in [1.165, 1.54) is 10.5 Å². The van der Waals surface area contributed by atoms with Gasteiger partial charge >= 0.3 is 0 Å². The van der Waals surface area contributed by atoms with E-state index in [0.29, 0.717) is 24.1 Å². The lowest BCUT2D eigenvalue weighted by molar-refractivity contribution is -0.135. The number of hydrogen-bond acceptors (Lipinski definition) is 5. The second kappa shape index (κ2) is 13.9. The molecule has 1 amide bonds. The van der Waals surface area contributed by atoms with Crippen LogP contribution in [-0.2, 0) is 17.8 Å². The molecule has 2 rings (SSSR count). The van der Waals surface area contributed by atoms with Crippen LogP contribution in [0.15, 0.2) is 48.5 Å². The van der Waals surface area contributed by atoms with Crippen molar-refractivity contribution in [2.75, 3.05) is 40.3 Å². The molecule has 6 heteroatoms. The van der Waals surface area contributed by atoms with Gasteiger partial charge in [0.2, 0.25) is 0 Å². The molecule has 33 heavy (non-hydrogen) atoms. The number of rotatable bonds is 14. The molecule has 0 aliphatic rings. The van der Waals surface area contributed by atoms with Crippen molar-refractivity contribution in [3.8, 4) is 11.5 Å². The predicted molar refractivity (Wildman–Crippen MR) is 135 cm³/mol. The lowest BCUT2D eigenvalue weighted by Gasteiger charge is -2.30. The van der Waals surface area contributed by atoms with Crippen LogP contribution in [0.1, 0.15) is 38.8 Å². The van der Waals surface area contributed by atoms with Crippen LogP contribution in [0.4, 0.5) is 0 Å². The standard InChI is InChI=1S/C27H41N3O3/c1-7-30(8-2)24(17-22-13-11-10-12-14-22)20-28-19-23-15-16-25(26(18-23)32-9-3)33-21(4)27(31)29(5)6/h10-16,18,21,24,28H,7-9,17,19-20H2,1-6H3/t21-,24-/m1/s1. The number of carbonyl (C=O) groups excluding carboxylic acids is 1. The number of carbonyl (C=O) groups is 1. The van der Waals surface area contributed by atoms with E-state index in [1.807, 2.05) is 25.1 Å². The largest absolute Gasteiger partial charge is 0.490 e. The molecule has 2 aromatic rings. The number of benzene rings is 2. The topological polar surface area (TPSA) is 54.0 Å². The van der Waals surface area contributed by atoms with Gasteiger partial charge in [-0.05, 0) is 56.6 Å². The zero-order chi connectivity index (χ0) is 24.2. The Morgan fingerprint density at radius 2 is 1.67 bits per heavy atom. The fourth-order valence-electron chi connectivity index (χ4n) is 3.97. The molecule has 0 radical (unpaired) electrons. The highest BCUT2D eigenvalue weighted by atomic mass is 16.5. The summed E-state index contributed by atoms with van der Waals surface area (Å²) in [6, 6.07) is 17.0. The SMILES string of the molecule is CCOc1cc(CNC[C@@H](Cc2ccccc2)N(CC)CC)ccc1O[C@H](C)C(=O)N(C)C. The summed E-state index contributed by atoms with van der Waals surface area (Å²) in [4.78, 5) is 16.2. The van der Waals surface area contributed by atoms with Crippen LogP contribution >= 0.6 is 0 Å². The number of amides is 1. The van der Waals surface area contributed by atoms with Crippen LogP contribution in [0.2, 0.25) is 0 Å². The number of ether oxygens (including phenoxy) is 2. The minimum Gasteiger partial charge on any atom is -0.490 e. The van der Waals surface area contributed by atoms with Gasteiger partial charge in [0.25, 0.3) is 5.91 Å². The van der Waals surface area contributed by atoms with E-state index < -0.39 is 6.10 Å². The van der Waals surface area contributed by atoms with Crippen molar-refractivity contribution in [1.29, 1.82) is 0 Å². The second-order valence-electron chi connectivity index (χ2n) is 8.40. The number of nitrogens with zero attached hydrogens (tertiary/aromatic N) is 2. The average molecular weight is 456 g/mol. The molecular formula is C27H41N3O3. The van der Waals surface area contributed by atoms with E-state index in [-0.39, 0.29) is 5.91 Å². The molecule has 0 saturated carbocycles.